The van der Waals surface area contributed by atoms with Crippen LogP contribution in [0.5, 0.6) is 0 Å². The summed E-state index contributed by atoms with van der Waals surface area (Å²) in [4.78, 5) is 37.1. The SMILES string of the molecule is CC(C)OC(=O)C(=O)[C@@H]1CCC[NH+]1C(=O)[C@H](N)CC1CCC1. The Labute approximate surface area is 131 Å². The molecular weight excluding hydrogens is 284 g/mol. The number of likely N-dealkylation sites (tertiary alicyclic amines) is 1. The van der Waals surface area contributed by atoms with E-state index >= 15 is 0 Å². The van der Waals surface area contributed by atoms with Crippen LogP contribution < -0.4 is 10.6 Å². The third kappa shape index (κ3) is 3.93. The molecule has 1 aliphatic heterocycles. The number of carbonyl (C=O) groups is 3. The number of esters is 1. The lowest BCUT2D eigenvalue weighted by molar-refractivity contribution is -0.823. The number of nitrogens with two attached hydrogens (primary N) is 1. The average molecular weight is 311 g/mol. The molecule has 1 amide bonds. The molecule has 0 radical (unpaired) electrons. The number of Topliss-reactive ketones (excluding diaryl/α,β-unsaturated/α-hetero) is 1. The Morgan fingerprint density at radius 3 is 2.41 bits per heavy atom. The van der Waals surface area contributed by atoms with Gasteiger partial charge >= 0.3 is 11.9 Å². The highest BCUT2D eigenvalue weighted by Gasteiger charge is 2.44. The van der Waals surface area contributed by atoms with E-state index in [1.807, 2.05) is 0 Å². The van der Waals surface area contributed by atoms with Crippen LogP contribution in [-0.2, 0) is 19.1 Å². The predicted octanol–water partition coefficient (Wildman–Crippen LogP) is -0.401. The Hall–Kier alpha value is -1.27. The molecule has 1 saturated carbocycles. The number of hydrogen-bond acceptors (Lipinski definition) is 5. The standard InChI is InChI=1S/C16H26N2O4/c1-10(2)22-16(21)14(19)13-7-4-8-18(13)15(20)12(17)9-11-5-3-6-11/h10-13H,3-9,17H2,1-2H3/p+1/t12-,13+/m1/s1. The summed E-state index contributed by atoms with van der Waals surface area (Å²) < 4.78 is 4.96. The quantitative estimate of drug-likeness (QED) is 0.514. The second-order valence-corrected chi connectivity index (χ2v) is 6.79. The number of quaternary nitrogens is 1. The first-order chi connectivity index (χ1) is 10.4. The van der Waals surface area contributed by atoms with E-state index in [0.29, 0.717) is 30.2 Å². The van der Waals surface area contributed by atoms with Crippen LogP contribution >= 0.6 is 0 Å². The van der Waals surface area contributed by atoms with E-state index < -0.39 is 23.8 Å². The minimum absolute atomic E-state index is 0.125. The summed E-state index contributed by atoms with van der Waals surface area (Å²) in [6, 6.07) is -1.15. The molecule has 0 spiro atoms. The van der Waals surface area contributed by atoms with Gasteiger partial charge in [0.1, 0.15) is 6.04 Å². The van der Waals surface area contributed by atoms with E-state index in [-0.39, 0.29) is 12.0 Å². The summed E-state index contributed by atoms with van der Waals surface area (Å²) in [6.07, 6.45) is 5.15. The maximum absolute atomic E-state index is 12.5. The molecule has 3 N–H and O–H groups in total. The molecule has 1 unspecified atom stereocenters. The van der Waals surface area contributed by atoms with Crippen LogP contribution in [0.3, 0.4) is 0 Å². The van der Waals surface area contributed by atoms with Gasteiger partial charge in [-0.3, -0.25) is 9.69 Å². The molecule has 0 aromatic rings. The lowest BCUT2D eigenvalue weighted by Crippen LogP contribution is -3.18. The number of ketones is 1. The number of rotatable bonds is 6. The van der Waals surface area contributed by atoms with E-state index in [2.05, 4.69) is 0 Å². The van der Waals surface area contributed by atoms with Gasteiger partial charge in [0.25, 0.3) is 5.78 Å². The summed E-state index contributed by atoms with van der Waals surface area (Å²) in [6.45, 7) is 3.97. The van der Waals surface area contributed by atoms with Crippen LogP contribution in [0.1, 0.15) is 52.4 Å². The third-order valence-electron chi connectivity index (χ3n) is 4.69. The highest BCUT2D eigenvalue weighted by Crippen LogP contribution is 2.29. The van der Waals surface area contributed by atoms with Crippen molar-refractivity contribution < 1.29 is 24.0 Å². The van der Waals surface area contributed by atoms with Crippen molar-refractivity contribution in [3.63, 3.8) is 0 Å². The van der Waals surface area contributed by atoms with Gasteiger partial charge in [0.15, 0.2) is 6.04 Å². The molecule has 0 aromatic carbocycles. The van der Waals surface area contributed by atoms with Crippen molar-refractivity contribution >= 4 is 17.7 Å². The van der Waals surface area contributed by atoms with Gasteiger partial charge in [0, 0.05) is 12.8 Å². The molecule has 0 bridgehead atoms. The van der Waals surface area contributed by atoms with Gasteiger partial charge in [-0.1, -0.05) is 19.3 Å². The molecule has 2 fully saturated rings. The average Bonchev–Trinajstić information content (AvgIpc) is 2.89. The fourth-order valence-corrected chi connectivity index (χ4v) is 3.28. The molecule has 2 aliphatic rings. The van der Waals surface area contributed by atoms with Gasteiger partial charge in [-0.15, -0.1) is 0 Å². The topological polar surface area (TPSA) is 90.9 Å². The van der Waals surface area contributed by atoms with Gasteiger partial charge in [-0.05, 0) is 26.2 Å². The normalized spacial score (nSPS) is 26.5. The zero-order valence-electron chi connectivity index (χ0n) is 13.5. The molecule has 1 saturated heterocycles. The highest BCUT2D eigenvalue weighted by atomic mass is 16.5. The zero-order valence-corrected chi connectivity index (χ0v) is 13.5. The van der Waals surface area contributed by atoms with Gasteiger partial charge in [0.2, 0.25) is 0 Å². The maximum atomic E-state index is 12.5. The second kappa shape index (κ2) is 7.33. The van der Waals surface area contributed by atoms with Gasteiger partial charge in [-0.25, -0.2) is 9.59 Å². The Morgan fingerprint density at radius 1 is 1.18 bits per heavy atom. The van der Waals surface area contributed by atoms with Crippen LogP contribution in [0, 0.1) is 5.92 Å². The Kier molecular flexibility index (Phi) is 5.69. The molecule has 1 heterocycles. The third-order valence-corrected chi connectivity index (χ3v) is 4.69. The fraction of sp³-hybridized carbons (Fsp3) is 0.812. The van der Waals surface area contributed by atoms with Crippen molar-refractivity contribution in [1.82, 2.24) is 0 Å². The van der Waals surface area contributed by atoms with E-state index in [4.69, 9.17) is 10.5 Å². The second-order valence-electron chi connectivity index (χ2n) is 6.79. The molecular formula is C16H27N2O4+. The van der Waals surface area contributed by atoms with E-state index in [0.717, 1.165) is 19.3 Å². The van der Waals surface area contributed by atoms with Crippen molar-refractivity contribution in [2.24, 2.45) is 11.7 Å². The van der Waals surface area contributed by atoms with Gasteiger partial charge < -0.3 is 10.5 Å². The monoisotopic (exact) mass is 311 g/mol. The summed E-state index contributed by atoms with van der Waals surface area (Å²) in [5.74, 6) is -1.01. The zero-order chi connectivity index (χ0) is 16.3. The number of carbonyl (C=O) groups excluding carboxylic acids is 3. The number of nitrogens with one attached hydrogen (secondary N) is 1. The lowest BCUT2D eigenvalue weighted by Gasteiger charge is -2.28. The summed E-state index contributed by atoms with van der Waals surface area (Å²) in [5.41, 5.74) is 6.03. The molecule has 6 heteroatoms. The van der Waals surface area contributed by atoms with Gasteiger partial charge in [0.05, 0.1) is 12.6 Å². The highest BCUT2D eigenvalue weighted by molar-refractivity contribution is 6.35. The maximum Gasteiger partial charge on any atom is 0.381 e. The minimum atomic E-state index is -0.834. The van der Waals surface area contributed by atoms with Crippen LogP contribution in [0.2, 0.25) is 0 Å². The molecule has 0 aromatic heterocycles. The number of ether oxygens (including phenoxy) is 1. The lowest BCUT2D eigenvalue weighted by atomic mass is 9.81. The van der Waals surface area contributed by atoms with E-state index in [1.165, 1.54) is 6.42 Å². The Balaban J connectivity index is 1.95. The first-order valence-electron chi connectivity index (χ1n) is 8.30. The van der Waals surface area contributed by atoms with Crippen LogP contribution in [0.15, 0.2) is 0 Å². The van der Waals surface area contributed by atoms with Crippen LogP contribution in [-0.4, -0.2) is 42.4 Å². The molecule has 124 valence electrons. The van der Waals surface area contributed by atoms with Crippen molar-refractivity contribution in [1.29, 1.82) is 0 Å². The van der Waals surface area contributed by atoms with E-state index in [1.54, 1.807) is 13.8 Å². The predicted molar refractivity (Wildman–Crippen MR) is 80.0 cm³/mol. The first kappa shape index (κ1) is 17.1. The summed E-state index contributed by atoms with van der Waals surface area (Å²) >= 11 is 0. The van der Waals surface area contributed by atoms with Crippen molar-refractivity contribution in [3.8, 4) is 0 Å². The van der Waals surface area contributed by atoms with Crippen molar-refractivity contribution in [2.75, 3.05) is 6.54 Å². The largest absolute Gasteiger partial charge is 0.457 e. The minimum Gasteiger partial charge on any atom is -0.457 e. The molecule has 1 aliphatic carbocycles. The molecule has 22 heavy (non-hydrogen) atoms. The van der Waals surface area contributed by atoms with E-state index in [9.17, 15) is 14.4 Å². The summed E-state index contributed by atoms with van der Waals surface area (Å²) in [7, 11) is 0. The smallest absolute Gasteiger partial charge is 0.381 e. The van der Waals surface area contributed by atoms with Gasteiger partial charge in [-0.2, -0.15) is 0 Å². The Bertz CT molecular complexity index is 445. The van der Waals surface area contributed by atoms with Crippen LogP contribution in [0.25, 0.3) is 0 Å². The number of amides is 1. The number of hydrogen-bond donors (Lipinski definition) is 2. The molecule has 3 atom stereocenters. The molecule has 2 rings (SSSR count). The first-order valence-corrected chi connectivity index (χ1v) is 8.30. The van der Waals surface area contributed by atoms with Crippen molar-refractivity contribution in [3.05, 3.63) is 0 Å². The summed E-state index contributed by atoms with van der Waals surface area (Å²) in [5, 5.41) is 0. The van der Waals surface area contributed by atoms with Crippen LogP contribution in [0.4, 0.5) is 0 Å². The molecule has 6 nitrogen and oxygen atoms in total. The Morgan fingerprint density at radius 2 is 1.86 bits per heavy atom. The van der Waals surface area contributed by atoms with Crippen molar-refractivity contribution in [2.45, 2.75) is 70.6 Å². The fourth-order valence-electron chi connectivity index (χ4n) is 3.28.